The van der Waals surface area contributed by atoms with E-state index in [-0.39, 0.29) is 0 Å². The molecule has 0 aliphatic heterocycles. The SMILES string of the molecule is CCCOc1cccc([C@@H](C(=O)O)N(C)Cc2ncc(C)[nH]2)c1. The van der Waals surface area contributed by atoms with E-state index in [0.29, 0.717) is 24.5 Å². The summed E-state index contributed by atoms with van der Waals surface area (Å²) in [5, 5.41) is 9.63. The molecule has 0 aliphatic rings. The first-order chi connectivity index (χ1) is 11.0. The number of nitrogens with zero attached hydrogens (tertiary/aromatic N) is 2. The summed E-state index contributed by atoms with van der Waals surface area (Å²) in [5.41, 5.74) is 1.65. The third-order valence-electron chi connectivity index (χ3n) is 3.48. The molecule has 0 saturated carbocycles. The molecule has 1 aromatic heterocycles. The van der Waals surface area contributed by atoms with E-state index in [1.807, 2.05) is 32.0 Å². The number of aromatic nitrogens is 2. The second-order valence-corrected chi connectivity index (χ2v) is 5.59. The molecule has 0 unspecified atom stereocenters. The van der Waals surface area contributed by atoms with E-state index in [4.69, 9.17) is 4.74 Å². The molecular weight excluding hydrogens is 294 g/mol. The summed E-state index contributed by atoms with van der Waals surface area (Å²) in [7, 11) is 1.77. The smallest absolute Gasteiger partial charge is 0.325 e. The molecule has 0 amide bonds. The molecule has 2 aromatic rings. The fourth-order valence-corrected chi connectivity index (χ4v) is 2.45. The van der Waals surface area contributed by atoms with Crippen LogP contribution in [0.4, 0.5) is 0 Å². The van der Waals surface area contributed by atoms with Crippen molar-refractivity contribution in [1.82, 2.24) is 14.9 Å². The molecule has 0 spiro atoms. The summed E-state index contributed by atoms with van der Waals surface area (Å²) >= 11 is 0. The molecule has 124 valence electrons. The summed E-state index contributed by atoms with van der Waals surface area (Å²) in [6.45, 7) is 4.98. The molecule has 0 bridgehead atoms. The molecule has 1 aromatic carbocycles. The molecular formula is C17H23N3O3. The fraction of sp³-hybridized carbons (Fsp3) is 0.412. The first-order valence-electron chi connectivity index (χ1n) is 7.67. The monoisotopic (exact) mass is 317 g/mol. The van der Waals surface area contributed by atoms with Gasteiger partial charge in [0.15, 0.2) is 0 Å². The quantitative estimate of drug-likeness (QED) is 0.783. The van der Waals surface area contributed by atoms with Gasteiger partial charge in [0.25, 0.3) is 0 Å². The van der Waals surface area contributed by atoms with Crippen LogP contribution in [0, 0.1) is 6.92 Å². The van der Waals surface area contributed by atoms with E-state index in [2.05, 4.69) is 9.97 Å². The number of carboxylic acid groups (broad SMARTS) is 1. The van der Waals surface area contributed by atoms with Gasteiger partial charge in [-0.2, -0.15) is 0 Å². The lowest BCUT2D eigenvalue weighted by molar-refractivity contribution is -0.143. The highest BCUT2D eigenvalue weighted by molar-refractivity contribution is 5.75. The van der Waals surface area contributed by atoms with Crippen molar-refractivity contribution in [2.24, 2.45) is 0 Å². The molecule has 2 N–H and O–H groups in total. The zero-order chi connectivity index (χ0) is 16.8. The number of rotatable bonds is 8. The van der Waals surface area contributed by atoms with Gasteiger partial charge in [0.1, 0.15) is 17.6 Å². The summed E-state index contributed by atoms with van der Waals surface area (Å²) in [6.07, 6.45) is 2.64. The largest absolute Gasteiger partial charge is 0.494 e. The number of aryl methyl sites for hydroxylation is 1. The van der Waals surface area contributed by atoms with Crippen molar-refractivity contribution in [1.29, 1.82) is 0 Å². The van der Waals surface area contributed by atoms with Crippen LogP contribution in [0.3, 0.4) is 0 Å². The number of imidazole rings is 1. The summed E-state index contributed by atoms with van der Waals surface area (Å²) in [4.78, 5) is 20.9. The number of carbonyl (C=O) groups is 1. The number of hydrogen-bond donors (Lipinski definition) is 2. The van der Waals surface area contributed by atoms with Gasteiger partial charge in [-0.3, -0.25) is 9.69 Å². The molecule has 23 heavy (non-hydrogen) atoms. The van der Waals surface area contributed by atoms with Gasteiger partial charge >= 0.3 is 5.97 Å². The maximum atomic E-state index is 11.7. The summed E-state index contributed by atoms with van der Waals surface area (Å²) in [6, 6.07) is 6.50. The normalized spacial score (nSPS) is 12.3. The average molecular weight is 317 g/mol. The second kappa shape index (κ2) is 7.78. The highest BCUT2D eigenvalue weighted by atomic mass is 16.5. The number of hydrogen-bond acceptors (Lipinski definition) is 4. The van der Waals surface area contributed by atoms with Crippen LogP contribution < -0.4 is 4.74 Å². The van der Waals surface area contributed by atoms with Crippen molar-refractivity contribution in [3.8, 4) is 5.75 Å². The third-order valence-corrected chi connectivity index (χ3v) is 3.48. The predicted octanol–water partition coefficient (Wildman–Crippen LogP) is 2.76. The lowest BCUT2D eigenvalue weighted by Crippen LogP contribution is -2.30. The zero-order valence-corrected chi connectivity index (χ0v) is 13.7. The van der Waals surface area contributed by atoms with E-state index in [1.54, 1.807) is 24.2 Å². The second-order valence-electron chi connectivity index (χ2n) is 5.59. The van der Waals surface area contributed by atoms with Crippen LogP contribution in [0.25, 0.3) is 0 Å². The highest BCUT2D eigenvalue weighted by Gasteiger charge is 2.25. The Morgan fingerprint density at radius 1 is 1.48 bits per heavy atom. The Labute approximate surface area is 136 Å². The Bertz CT molecular complexity index is 654. The standard InChI is InChI=1S/C17H23N3O3/c1-4-8-23-14-7-5-6-13(9-14)16(17(21)22)20(3)11-15-18-10-12(2)19-15/h5-7,9-10,16H,4,8,11H2,1-3H3,(H,18,19)(H,21,22)/t16-/m0/s1. The molecule has 2 rings (SSSR count). The molecule has 6 nitrogen and oxygen atoms in total. The van der Waals surface area contributed by atoms with Gasteiger partial charge in [0.05, 0.1) is 13.2 Å². The third kappa shape index (κ3) is 4.56. The Balaban J connectivity index is 2.18. The summed E-state index contributed by atoms with van der Waals surface area (Å²) in [5.74, 6) is 0.538. The first kappa shape index (κ1) is 17.0. The molecule has 0 fully saturated rings. The van der Waals surface area contributed by atoms with Crippen LogP contribution in [0.1, 0.15) is 36.5 Å². The number of aliphatic carboxylic acids is 1. The minimum Gasteiger partial charge on any atom is -0.494 e. The lowest BCUT2D eigenvalue weighted by Gasteiger charge is -2.24. The fourth-order valence-electron chi connectivity index (χ4n) is 2.45. The highest BCUT2D eigenvalue weighted by Crippen LogP contribution is 2.25. The Morgan fingerprint density at radius 2 is 2.26 bits per heavy atom. The van der Waals surface area contributed by atoms with E-state index in [0.717, 1.165) is 17.9 Å². The number of ether oxygens (including phenoxy) is 1. The van der Waals surface area contributed by atoms with Crippen LogP contribution in [0.5, 0.6) is 5.75 Å². The first-order valence-corrected chi connectivity index (χ1v) is 7.67. The Kier molecular flexibility index (Phi) is 5.76. The molecule has 0 radical (unpaired) electrons. The van der Waals surface area contributed by atoms with E-state index < -0.39 is 12.0 Å². The Morgan fingerprint density at radius 3 is 2.87 bits per heavy atom. The predicted molar refractivity (Wildman–Crippen MR) is 87.4 cm³/mol. The lowest BCUT2D eigenvalue weighted by atomic mass is 10.1. The minimum absolute atomic E-state index is 0.421. The average Bonchev–Trinajstić information content (AvgIpc) is 2.90. The van der Waals surface area contributed by atoms with Crippen molar-refractivity contribution < 1.29 is 14.6 Å². The Hall–Kier alpha value is -2.34. The zero-order valence-electron chi connectivity index (χ0n) is 13.7. The number of likely N-dealkylation sites (N-methyl/N-ethyl adjacent to an activating group) is 1. The molecule has 6 heteroatoms. The van der Waals surface area contributed by atoms with Gasteiger partial charge in [-0.15, -0.1) is 0 Å². The van der Waals surface area contributed by atoms with Crippen LogP contribution in [-0.2, 0) is 11.3 Å². The maximum absolute atomic E-state index is 11.7. The molecule has 1 heterocycles. The molecule has 1 atom stereocenters. The van der Waals surface area contributed by atoms with Crippen LogP contribution >= 0.6 is 0 Å². The van der Waals surface area contributed by atoms with Crippen molar-refractivity contribution in [3.05, 3.63) is 47.5 Å². The number of nitrogens with one attached hydrogen (secondary N) is 1. The number of carboxylic acids is 1. The molecule has 0 saturated heterocycles. The number of H-pyrrole nitrogens is 1. The van der Waals surface area contributed by atoms with Crippen molar-refractivity contribution >= 4 is 5.97 Å². The van der Waals surface area contributed by atoms with Crippen molar-refractivity contribution in [3.63, 3.8) is 0 Å². The van der Waals surface area contributed by atoms with Crippen LogP contribution in [0.2, 0.25) is 0 Å². The van der Waals surface area contributed by atoms with E-state index >= 15 is 0 Å². The maximum Gasteiger partial charge on any atom is 0.325 e. The molecule has 0 aliphatic carbocycles. The van der Waals surface area contributed by atoms with Crippen LogP contribution in [0.15, 0.2) is 30.5 Å². The van der Waals surface area contributed by atoms with Crippen molar-refractivity contribution in [2.45, 2.75) is 32.9 Å². The van der Waals surface area contributed by atoms with Crippen molar-refractivity contribution in [2.75, 3.05) is 13.7 Å². The van der Waals surface area contributed by atoms with E-state index in [1.165, 1.54) is 0 Å². The topological polar surface area (TPSA) is 78.5 Å². The summed E-state index contributed by atoms with van der Waals surface area (Å²) < 4.78 is 5.60. The van der Waals surface area contributed by atoms with Gasteiger partial charge in [-0.1, -0.05) is 19.1 Å². The van der Waals surface area contributed by atoms with Gasteiger partial charge in [-0.05, 0) is 38.1 Å². The number of aromatic amines is 1. The minimum atomic E-state index is -0.900. The van der Waals surface area contributed by atoms with Gasteiger partial charge in [-0.25, -0.2) is 4.98 Å². The van der Waals surface area contributed by atoms with Gasteiger partial charge in [0.2, 0.25) is 0 Å². The van der Waals surface area contributed by atoms with Gasteiger partial charge < -0.3 is 14.8 Å². The number of benzene rings is 1. The van der Waals surface area contributed by atoms with Gasteiger partial charge in [0, 0.05) is 11.9 Å². The van der Waals surface area contributed by atoms with E-state index in [9.17, 15) is 9.90 Å². The van der Waals surface area contributed by atoms with Crippen LogP contribution in [-0.4, -0.2) is 39.6 Å².